The fourth-order valence-electron chi connectivity index (χ4n) is 1.66. The van der Waals surface area contributed by atoms with Crippen LogP contribution in [0, 0.1) is 11.5 Å². The summed E-state index contributed by atoms with van der Waals surface area (Å²) < 4.78 is 0.705. The SMILES string of the molecule is CSC(=NC#N)Sc1ccc(-c2ccccc2)c(Cl)c1. The first-order valence-electron chi connectivity index (χ1n) is 5.78. The van der Waals surface area contributed by atoms with Crippen molar-refractivity contribution in [3.05, 3.63) is 53.6 Å². The van der Waals surface area contributed by atoms with Crippen LogP contribution in [-0.2, 0) is 0 Å². The maximum Gasteiger partial charge on any atom is 0.207 e. The lowest BCUT2D eigenvalue weighted by atomic mass is 10.1. The highest BCUT2D eigenvalue weighted by atomic mass is 35.5. The number of thioether (sulfide) groups is 2. The van der Waals surface area contributed by atoms with Gasteiger partial charge in [0.15, 0.2) is 0 Å². The Morgan fingerprint density at radius 1 is 1.20 bits per heavy atom. The van der Waals surface area contributed by atoms with Crippen LogP contribution in [0.25, 0.3) is 11.1 Å². The van der Waals surface area contributed by atoms with E-state index in [2.05, 4.69) is 4.99 Å². The van der Waals surface area contributed by atoms with Crippen LogP contribution in [0.3, 0.4) is 0 Å². The van der Waals surface area contributed by atoms with Crippen molar-refractivity contribution >= 4 is 39.5 Å². The third kappa shape index (κ3) is 3.80. The predicted molar refractivity (Wildman–Crippen MR) is 89.3 cm³/mol. The Balaban J connectivity index is 2.27. The molecular weight excluding hydrogens is 308 g/mol. The van der Waals surface area contributed by atoms with Crippen LogP contribution in [-0.4, -0.2) is 10.6 Å². The highest BCUT2D eigenvalue weighted by Crippen LogP contribution is 2.33. The molecule has 0 saturated heterocycles. The summed E-state index contributed by atoms with van der Waals surface area (Å²) in [5.74, 6) is 0. The third-order valence-corrected chi connectivity index (χ3v) is 4.81. The molecule has 0 aromatic heterocycles. The van der Waals surface area contributed by atoms with Gasteiger partial charge >= 0.3 is 0 Å². The second-order valence-corrected chi connectivity index (χ2v) is 6.31. The summed E-state index contributed by atoms with van der Waals surface area (Å²) in [4.78, 5) is 4.72. The Kier molecular flexibility index (Phi) is 5.54. The van der Waals surface area contributed by atoms with Crippen LogP contribution in [0.15, 0.2) is 58.4 Å². The second kappa shape index (κ2) is 7.39. The third-order valence-electron chi connectivity index (χ3n) is 2.55. The summed E-state index contributed by atoms with van der Waals surface area (Å²) in [5.41, 5.74) is 2.09. The molecule has 100 valence electrons. The average molecular weight is 319 g/mol. The fraction of sp³-hybridized carbons (Fsp3) is 0.0667. The van der Waals surface area contributed by atoms with E-state index in [1.165, 1.54) is 23.5 Å². The number of aliphatic imine (C=N–C) groups is 1. The van der Waals surface area contributed by atoms with Crippen molar-refractivity contribution in [1.82, 2.24) is 0 Å². The number of nitriles is 1. The molecule has 0 unspecified atom stereocenters. The van der Waals surface area contributed by atoms with E-state index in [0.29, 0.717) is 9.40 Å². The van der Waals surface area contributed by atoms with E-state index in [9.17, 15) is 0 Å². The van der Waals surface area contributed by atoms with E-state index in [-0.39, 0.29) is 0 Å². The average Bonchev–Trinajstić information content (AvgIpc) is 2.48. The Hall–Kier alpha value is -1.41. The molecule has 0 saturated carbocycles. The lowest BCUT2D eigenvalue weighted by Gasteiger charge is -2.07. The summed E-state index contributed by atoms with van der Waals surface area (Å²) in [6.07, 6.45) is 3.70. The second-order valence-electron chi connectivity index (χ2n) is 3.79. The van der Waals surface area contributed by atoms with E-state index in [0.717, 1.165) is 16.0 Å². The Morgan fingerprint density at radius 2 is 1.95 bits per heavy atom. The Labute approximate surface area is 131 Å². The zero-order valence-electron chi connectivity index (χ0n) is 10.7. The number of hydrogen-bond donors (Lipinski definition) is 0. The van der Waals surface area contributed by atoms with Gasteiger partial charge in [-0.05, 0) is 24.0 Å². The summed E-state index contributed by atoms with van der Waals surface area (Å²) >= 11 is 9.22. The monoisotopic (exact) mass is 318 g/mol. The molecule has 20 heavy (non-hydrogen) atoms. The van der Waals surface area contributed by atoms with Gasteiger partial charge in [0.05, 0.1) is 0 Å². The first-order chi connectivity index (χ1) is 9.74. The summed E-state index contributed by atoms with van der Waals surface area (Å²) in [7, 11) is 0. The quantitative estimate of drug-likeness (QED) is 0.326. The summed E-state index contributed by atoms with van der Waals surface area (Å²) in [6, 6.07) is 15.9. The Morgan fingerprint density at radius 3 is 2.55 bits per heavy atom. The van der Waals surface area contributed by atoms with Crippen molar-refractivity contribution in [3.63, 3.8) is 0 Å². The topological polar surface area (TPSA) is 36.1 Å². The lowest BCUT2D eigenvalue weighted by molar-refractivity contribution is 1.45. The van der Waals surface area contributed by atoms with Crippen molar-refractivity contribution in [2.75, 3.05) is 6.26 Å². The smallest absolute Gasteiger partial charge is 0.170 e. The van der Waals surface area contributed by atoms with Gasteiger partial charge in [0.1, 0.15) is 4.38 Å². The molecule has 0 fully saturated rings. The number of benzene rings is 2. The molecule has 0 spiro atoms. The maximum absolute atomic E-state index is 8.60. The van der Waals surface area contributed by atoms with Gasteiger partial charge in [-0.1, -0.05) is 59.8 Å². The van der Waals surface area contributed by atoms with Crippen LogP contribution < -0.4 is 0 Å². The van der Waals surface area contributed by atoms with Gasteiger partial charge < -0.3 is 0 Å². The molecule has 0 N–H and O–H groups in total. The lowest BCUT2D eigenvalue weighted by Crippen LogP contribution is -1.85. The number of halogens is 1. The molecular formula is C15H11ClN2S2. The first kappa shape index (κ1) is 15.0. The zero-order chi connectivity index (χ0) is 14.4. The minimum atomic E-state index is 0.693. The number of nitrogens with zero attached hydrogens (tertiary/aromatic N) is 2. The van der Waals surface area contributed by atoms with E-state index >= 15 is 0 Å². The Bertz CT molecular complexity index is 663. The van der Waals surface area contributed by atoms with Gasteiger partial charge in [-0.2, -0.15) is 10.3 Å². The molecule has 0 bridgehead atoms. The minimum absolute atomic E-state index is 0.693. The van der Waals surface area contributed by atoms with Crippen LogP contribution >= 0.6 is 35.1 Å². The molecule has 0 radical (unpaired) electrons. The molecule has 2 aromatic rings. The molecule has 0 aliphatic carbocycles. The molecule has 0 heterocycles. The summed E-state index contributed by atoms with van der Waals surface area (Å²) in [5, 5.41) is 9.30. The molecule has 2 rings (SSSR count). The normalized spacial score (nSPS) is 11.2. The van der Waals surface area contributed by atoms with Crippen molar-refractivity contribution in [3.8, 4) is 17.3 Å². The molecule has 0 amide bonds. The molecule has 0 aliphatic rings. The number of hydrogen-bond acceptors (Lipinski definition) is 4. The largest absolute Gasteiger partial charge is 0.207 e. The zero-order valence-corrected chi connectivity index (χ0v) is 13.1. The molecule has 0 atom stereocenters. The van der Waals surface area contributed by atoms with E-state index in [1.54, 1.807) is 6.19 Å². The molecule has 2 nitrogen and oxygen atoms in total. The van der Waals surface area contributed by atoms with Crippen molar-refractivity contribution in [2.45, 2.75) is 4.90 Å². The standard InChI is InChI=1S/C15H11ClN2S2/c1-19-15(18-10-17)20-12-7-8-13(14(16)9-12)11-5-3-2-4-6-11/h2-9H,1H3. The van der Waals surface area contributed by atoms with Crippen LogP contribution in [0.1, 0.15) is 0 Å². The van der Waals surface area contributed by atoms with Gasteiger partial charge in [-0.15, -0.1) is 11.8 Å². The summed E-state index contributed by atoms with van der Waals surface area (Å²) in [6.45, 7) is 0. The van der Waals surface area contributed by atoms with Gasteiger partial charge in [-0.25, -0.2) is 0 Å². The van der Waals surface area contributed by atoms with Crippen molar-refractivity contribution < 1.29 is 0 Å². The van der Waals surface area contributed by atoms with Gasteiger partial charge in [-0.3, -0.25) is 0 Å². The number of rotatable bonds is 2. The highest BCUT2D eigenvalue weighted by molar-refractivity contribution is 8.38. The van der Waals surface area contributed by atoms with Gasteiger partial charge in [0, 0.05) is 15.5 Å². The van der Waals surface area contributed by atoms with Crippen LogP contribution in [0.4, 0.5) is 0 Å². The van der Waals surface area contributed by atoms with Crippen LogP contribution in [0.2, 0.25) is 5.02 Å². The van der Waals surface area contributed by atoms with Gasteiger partial charge in [0.2, 0.25) is 6.19 Å². The van der Waals surface area contributed by atoms with E-state index in [1.807, 2.05) is 54.8 Å². The first-order valence-corrected chi connectivity index (χ1v) is 8.20. The molecule has 5 heteroatoms. The molecule has 0 aliphatic heterocycles. The van der Waals surface area contributed by atoms with Crippen molar-refractivity contribution in [1.29, 1.82) is 5.26 Å². The highest BCUT2D eigenvalue weighted by Gasteiger charge is 2.07. The van der Waals surface area contributed by atoms with E-state index in [4.69, 9.17) is 16.9 Å². The maximum atomic E-state index is 8.60. The fourth-order valence-corrected chi connectivity index (χ4v) is 3.37. The van der Waals surface area contributed by atoms with Crippen molar-refractivity contribution in [2.24, 2.45) is 4.99 Å². The molecule has 2 aromatic carbocycles. The van der Waals surface area contributed by atoms with Gasteiger partial charge in [0.25, 0.3) is 0 Å². The minimum Gasteiger partial charge on any atom is -0.170 e. The van der Waals surface area contributed by atoms with E-state index < -0.39 is 0 Å². The predicted octanol–water partition coefficient (Wildman–Crippen LogP) is 5.30. The van der Waals surface area contributed by atoms with Crippen LogP contribution in [0.5, 0.6) is 0 Å².